The first-order valence-corrected chi connectivity index (χ1v) is 9.86. The Balaban J connectivity index is 1.24. The average molecular weight is 390 g/mol. The quantitative estimate of drug-likeness (QED) is 0.700. The lowest BCUT2D eigenvalue weighted by atomic mass is 10.3. The van der Waals surface area contributed by atoms with Gasteiger partial charge in [0.05, 0.1) is 13.2 Å². The molecule has 144 valence electrons. The van der Waals surface area contributed by atoms with Crippen molar-refractivity contribution >= 4 is 28.1 Å². The molecule has 0 saturated carbocycles. The van der Waals surface area contributed by atoms with Gasteiger partial charge in [0.2, 0.25) is 6.79 Å². The number of morpholine rings is 1. The summed E-state index contributed by atoms with van der Waals surface area (Å²) in [6, 6.07) is 5.59. The first-order chi connectivity index (χ1) is 13.3. The van der Waals surface area contributed by atoms with Gasteiger partial charge in [-0.3, -0.25) is 9.69 Å². The van der Waals surface area contributed by atoms with E-state index >= 15 is 0 Å². The molecular formula is C18H22N4O4S. The molecule has 0 bridgehead atoms. The maximum Gasteiger partial charge on any atom is 0.270 e. The van der Waals surface area contributed by atoms with Crippen molar-refractivity contribution in [2.24, 2.45) is 0 Å². The number of carbonyl (C=O) groups is 1. The van der Waals surface area contributed by atoms with E-state index in [-0.39, 0.29) is 12.7 Å². The van der Waals surface area contributed by atoms with Crippen LogP contribution in [0.25, 0.3) is 0 Å². The lowest BCUT2D eigenvalue weighted by Gasteiger charge is -2.26. The number of thiazole rings is 1. The van der Waals surface area contributed by atoms with Crippen molar-refractivity contribution in [1.29, 1.82) is 0 Å². The van der Waals surface area contributed by atoms with Crippen LogP contribution in [0.15, 0.2) is 23.6 Å². The van der Waals surface area contributed by atoms with E-state index in [1.54, 1.807) is 5.38 Å². The highest BCUT2D eigenvalue weighted by molar-refractivity contribution is 7.14. The van der Waals surface area contributed by atoms with Crippen molar-refractivity contribution in [3.63, 3.8) is 0 Å². The number of aromatic nitrogens is 1. The second kappa shape index (κ2) is 8.55. The fourth-order valence-electron chi connectivity index (χ4n) is 2.95. The molecule has 0 atom stereocenters. The molecule has 1 saturated heterocycles. The molecule has 1 fully saturated rings. The number of ether oxygens (including phenoxy) is 3. The summed E-state index contributed by atoms with van der Waals surface area (Å²) in [5, 5.41) is 8.54. The molecule has 0 radical (unpaired) electrons. The van der Waals surface area contributed by atoms with Crippen LogP contribution in [0.3, 0.4) is 0 Å². The van der Waals surface area contributed by atoms with Crippen LogP contribution in [0.4, 0.5) is 10.8 Å². The number of anilines is 2. The van der Waals surface area contributed by atoms with Gasteiger partial charge in [0, 0.05) is 36.8 Å². The SMILES string of the molecule is O=C(NCCCN1CCOCC1)c1csc(Nc2ccc3c(c2)OCO3)n1. The number of nitrogens with zero attached hydrogens (tertiary/aromatic N) is 2. The Morgan fingerprint density at radius 2 is 2.07 bits per heavy atom. The Morgan fingerprint density at radius 3 is 2.96 bits per heavy atom. The molecule has 4 rings (SSSR count). The molecule has 0 spiro atoms. The number of fused-ring (bicyclic) bond motifs is 1. The molecule has 3 heterocycles. The Bertz CT molecular complexity index is 791. The Hall–Kier alpha value is -2.36. The van der Waals surface area contributed by atoms with Crippen LogP contribution in [0.2, 0.25) is 0 Å². The smallest absolute Gasteiger partial charge is 0.270 e. The van der Waals surface area contributed by atoms with Gasteiger partial charge in [-0.2, -0.15) is 0 Å². The molecule has 9 heteroatoms. The number of rotatable bonds is 7. The molecule has 2 aliphatic rings. The van der Waals surface area contributed by atoms with Gasteiger partial charge < -0.3 is 24.8 Å². The van der Waals surface area contributed by atoms with Gasteiger partial charge in [0.1, 0.15) is 5.69 Å². The second-order valence-corrected chi connectivity index (χ2v) is 7.15. The van der Waals surface area contributed by atoms with Gasteiger partial charge in [-0.15, -0.1) is 11.3 Å². The Kier molecular flexibility index (Phi) is 5.71. The maximum absolute atomic E-state index is 12.3. The first-order valence-electron chi connectivity index (χ1n) is 8.98. The van der Waals surface area contributed by atoms with Gasteiger partial charge >= 0.3 is 0 Å². The van der Waals surface area contributed by atoms with Crippen LogP contribution in [0.5, 0.6) is 11.5 Å². The fourth-order valence-corrected chi connectivity index (χ4v) is 3.66. The summed E-state index contributed by atoms with van der Waals surface area (Å²) < 4.78 is 16.0. The average Bonchev–Trinajstić information content (AvgIpc) is 3.35. The van der Waals surface area contributed by atoms with Crippen LogP contribution >= 0.6 is 11.3 Å². The van der Waals surface area contributed by atoms with Crippen LogP contribution in [-0.4, -0.2) is 62.0 Å². The molecule has 8 nitrogen and oxygen atoms in total. The minimum atomic E-state index is -0.146. The zero-order chi connectivity index (χ0) is 18.5. The maximum atomic E-state index is 12.3. The molecule has 1 aromatic heterocycles. The predicted octanol–water partition coefficient (Wildman–Crippen LogP) is 2.07. The van der Waals surface area contributed by atoms with Crippen molar-refractivity contribution in [3.05, 3.63) is 29.3 Å². The van der Waals surface area contributed by atoms with Crippen LogP contribution in [-0.2, 0) is 4.74 Å². The third-order valence-electron chi connectivity index (χ3n) is 4.40. The summed E-state index contributed by atoms with van der Waals surface area (Å²) in [7, 11) is 0. The molecule has 1 amide bonds. The van der Waals surface area contributed by atoms with E-state index in [1.807, 2.05) is 18.2 Å². The van der Waals surface area contributed by atoms with Crippen molar-refractivity contribution in [3.8, 4) is 11.5 Å². The standard InChI is InChI=1S/C18H22N4O4S/c23-17(19-4-1-5-22-6-8-24-9-7-22)14-11-27-18(21-14)20-13-2-3-15-16(10-13)26-12-25-15/h2-3,10-11H,1,4-9,12H2,(H,19,23)(H,20,21). The lowest BCUT2D eigenvalue weighted by Crippen LogP contribution is -2.38. The van der Waals surface area contributed by atoms with Crippen LogP contribution in [0, 0.1) is 0 Å². The highest BCUT2D eigenvalue weighted by atomic mass is 32.1. The normalized spacial score (nSPS) is 16.3. The molecule has 1 aromatic carbocycles. The van der Waals surface area contributed by atoms with Crippen LogP contribution < -0.4 is 20.1 Å². The van der Waals surface area contributed by atoms with E-state index in [0.717, 1.165) is 50.7 Å². The van der Waals surface area contributed by atoms with Crippen molar-refractivity contribution in [2.75, 3.05) is 51.5 Å². The van der Waals surface area contributed by atoms with Crippen molar-refractivity contribution in [2.45, 2.75) is 6.42 Å². The third kappa shape index (κ3) is 4.68. The summed E-state index contributed by atoms with van der Waals surface area (Å²) in [5.74, 6) is 1.29. The van der Waals surface area contributed by atoms with Gasteiger partial charge in [0.15, 0.2) is 16.6 Å². The number of amides is 1. The van der Waals surface area contributed by atoms with Crippen molar-refractivity contribution < 1.29 is 19.0 Å². The summed E-state index contributed by atoms with van der Waals surface area (Å²) >= 11 is 1.39. The molecule has 2 aromatic rings. The van der Waals surface area contributed by atoms with Gasteiger partial charge in [-0.05, 0) is 25.1 Å². The van der Waals surface area contributed by atoms with E-state index in [2.05, 4.69) is 20.5 Å². The zero-order valence-corrected chi connectivity index (χ0v) is 15.7. The topological polar surface area (TPSA) is 85.0 Å². The summed E-state index contributed by atoms with van der Waals surface area (Å²) in [5.41, 5.74) is 1.26. The van der Waals surface area contributed by atoms with Crippen molar-refractivity contribution in [1.82, 2.24) is 15.2 Å². The number of hydrogen-bond donors (Lipinski definition) is 2. The summed E-state index contributed by atoms with van der Waals surface area (Å²) in [6.45, 7) is 5.38. The minimum absolute atomic E-state index is 0.146. The Labute approximate surface area is 161 Å². The number of carbonyl (C=O) groups excluding carboxylic acids is 1. The predicted molar refractivity (Wildman–Crippen MR) is 102 cm³/mol. The molecule has 2 N–H and O–H groups in total. The first kappa shape index (κ1) is 18.0. The second-order valence-electron chi connectivity index (χ2n) is 6.29. The largest absolute Gasteiger partial charge is 0.454 e. The monoisotopic (exact) mass is 390 g/mol. The number of benzene rings is 1. The van der Waals surface area contributed by atoms with E-state index in [0.29, 0.717) is 23.1 Å². The highest BCUT2D eigenvalue weighted by Crippen LogP contribution is 2.35. The van der Waals surface area contributed by atoms with Gasteiger partial charge in [-0.1, -0.05) is 0 Å². The van der Waals surface area contributed by atoms with E-state index in [1.165, 1.54) is 11.3 Å². The molecule has 0 unspecified atom stereocenters. The fraction of sp³-hybridized carbons (Fsp3) is 0.444. The lowest BCUT2D eigenvalue weighted by molar-refractivity contribution is 0.0374. The minimum Gasteiger partial charge on any atom is -0.454 e. The highest BCUT2D eigenvalue weighted by Gasteiger charge is 2.15. The molecular weight excluding hydrogens is 368 g/mol. The van der Waals surface area contributed by atoms with Gasteiger partial charge in [-0.25, -0.2) is 4.98 Å². The van der Waals surface area contributed by atoms with E-state index in [9.17, 15) is 4.79 Å². The molecule has 2 aliphatic heterocycles. The summed E-state index contributed by atoms with van der Waals surface area (Å²) in [6.07, 6.45) is 0.915. The van der Waals surface area contributed by atoms with Crippen LogP contribution in [0.1, 0.15) is 16.9 Å². The zero-order valence-electron chi connectivity index (χ0n) is 14.9. The van der Waals surface area contributed by atoms with E-state index < -0.39 is 0 Å². The van der Waals surface area contributed by atoms with E-state index in [4.69, 9.17) is 14.2 Å². The third-order valence-corrected chi connectivity index (χ3v) is 5.16. The number of nitrogens with one attached hydrogen (secondary N) is 2. The Morgan fingerprint density at radius 1 is 1.22 bits per heavy atom. The number of hydrogen-bond acceptors (Lipinski definition) is 8. The molecule has 0 aliphatic carbocycles. The summed E-state index contributed by atoms with van der Waals surface area (Å²) in [4.78, 5) is 19.0. The molecule has 27 heavy (non-hydrogen) atoms. The van der Waals surface area contributed by atoms with Gasteiger partial charge in [0.25, 0.3) is 5.91 Å².